The average molecular weight is 429 g/mol. The highest BCUT2D eigenvalue weighted by molar-refractivity contribution is 7.88. The first-order valence-corrected chi connectivity index (χ1v) is 11.1. The maximum Gasteiger partial charge on any atom is 0.246 e. The number of nitrogens with zero attached hydrogens (tertiary/aromatic N) is 4. The molecule has 3 rings (SSSR count). The van der Waals surface area contributed by atoms with Crippen molar-refractivity contribution in [2.75, 3.05) is 20.4 Å². The highest BCUT2D eigenvalue weighted by Crippen LogP contribution is 2.25. The Balaban J connectivity index is 1.82. The monoisotopic (exact) mass is 428 g/mol. The van der Waals surface area contributed by atoms with Crippen molar-refractivity contribution in [1.82, 2.24) is 19.3 Å². The van der Waals surface area contributed by atoms with Crippen LogP contribution in [0.5, 0.6) is 0 Å². The Bertz CT molecular complexity index is 1130. The number of rotatable bonds is 7. The van der Waals surface area contributed by atoms with Gasteiger partial charge >= 0.3 is 0 Å². The van der Waals surface area contributed by atoms with Crippen LogP contribution in [0.2, 0.25) is 0 Å². The van der Waals surface area contributed by atoms with Crippen LogP contribution in [0.3, 0.4) is 0 Å². The number of sulfonamides is 1. The third-order valence-corrected chi connectivity index (χ3v) is 5.99. The smallest absolute Gasteiger partial charge is 0.246 e. The fraction of sp³-hybridized carbons (Fsp3) is 0.286. The molecule has 9 heteroatoms. The van der Waals surface area contributed by atoms with E-state index in [1.165, 1.54) is 11.9 Å². The molecule has 0 aliphatic carbocycles. The zero-order valence-corrected chi connectivity index (χ0v) is 18.1. The minimum atomic E-state index is -3.60. The predicted octanol–water partition coefficient (Wildman–Crippen LogP) is 2.64. The van der Waals surface area contributed by atoms with E-state index in [0.29, 0.717) is 11.4 Å². The number of aryl methyl sites for hydroxylation is 1. The molecule has 0 bridgehead atoms. The third kappa shape index (κ3) is 4.92. The Morgan fingerprint density at radius 1 is 1.10 bits per heavy atom. The molecular weight excluding hydrogens is 404 g/mol. The predicted molar refractivity (Wildman–Crippen MR) is 113 cm³/mol. The van der Waals surface area contributed by atoms with E-state index in [4.69, 9.17) is 4.52 Å². The Labute approximate surface area is 176 Å². The lowest BCUT2D eigenvalue weighted by atomic mass is 10.1. The summed E-state index contributed by atoms with van der Waals surface area (Å²) < 4.78 is 30.6. The van der Waals surface area contributed by atoms with Gasteiger partial charge in [0.15, 0.2) is 0 Å². The van der Waals surface area contributed by atoms with Crippen molar-refractivity contribution in [2.24, 2.45) is 0 Å². The van der Waals surface area contributed by atoms with E-state index < -0.39 is 22.0 Å². The zero-order chi connectivity index (χ0) is 21.9. The lowest BCUT2D eigenvalue weighted by molar-refractivity contribution is -0.134. The number of benzene rings is 2. The van der Waals surface area contributed by atoms with Crippen molar-refractivity contribution in [1.29, 1.82) is 0 Å². The summed E-state index contributed by atoms with van der Waals surface area (Å²) in [5, 5.41) is 3.99. The molecule has 1 amide bonds. The van der Waals surface area contributed by atoms with Gasteiger partial charge in [0.1, 0.15) is 6.04 Å². The zero-order valence-electron chi connectivity index (χ0n) is 17.3. The Morgan fingerprint density at radius 2 is 1.80 bits per heavy atom. The topological polar surface area (TPSA) is 96.6 Å². The Kier molecular flexibility index (Phi) is 6.33. The van der Waals surface area contributed by atoms with E-state index in [-0.39, 0.29) is 12.4 Å². The molecule has 0 saturated heterocycles. The minimum absolute atomic E-state index is 0.0542. The standard InChI is InChI=1S/C21H24N4O4S/c1-15-9-8-12-17(13-15)20-22-18(29-23-20)14-24(2)21(26)19(25(3)30(4,27)28)16-10-6-5-7-11-16/h5-13,19H,14H2,1-4H3. The first-order chi connectivity index (χ1) is 14.2. The highest BCUT2D eigenvalue weighted by atomic mass is 32.2. The highest BCUT2D eigenvalue weighted by Gasteiger charge is 2.33. The summed E-state index contributed by atoms with van der Waals surface area (Å²) in [6.45, 7) is 2.03. The molecule has 0 spiro atoms. The van der Waals surface area contributed by atoms with Crippen LogP contribution in [-0.2, 0) is 21.4 Å². The second-order valence-corrected chi connectivity index (χ2v) is 9.21. The summed E-state index contributed by atoms with van der Waals surface area (Å²) in [7, 11) is -0.639. The fourth-order valence-electron chi connectivity index (χ4n) is 3.04. The molecule has 1 unspecified atom stereocenters. The maximum absolute atomic E-state index is 13.2. The number of carbonyl (C=O) groups excluding carboxylic acids is 1. The van der Waals surface area contributed by atoms with Gasteiger partial charge in [-0.15, -0.1) is 0 Å². The van der Waals surface area contributed by atoms with Gasteiger partial charge in [-0.3, -0.25) is 4.79 Å². The molecule has 0 aliphatic heterocycles. The molecule has 30 heavy (non-hydrogen) atoms. The van der Waals surface area contributed by atoms with E-state index in [2.05, 4.69) is 10.1 Å². The van der Waals surface area contributed by atoms with Crippen LogP contribution in [-0.4, -0.2) is 54.0 Å². The van der Waals surface area contributed by atoms with Crippen LogP contribution < -0.4 is 0 Å². The van der Waals surface area contributed by atoms with Gasteiger partial charge in [0, 0.05) is 19.7 Å². The van der Waals surface area contributed by atoms with E-state index in [1.807, 2.05) is 31.2 Å². The summed E-state index contributed by atoms with van der Waals surface area (Å²) >= 11 is 0. The molecule has 0 saturated carbocycles. The van der Waals surface area contributed by atoms with Gasteiger partial charge in [0.05, 0.1) is 12.8 Å². The number of aromatic nitrogens is 2. The molecule has 1 aromatic heterocycles. The second-order valence-electron chi connectivity index (χ2n) is 7.17. The molecular formula is C21H24N4O4S. The Morgan fingerprint density at radius 3 is 2.43 bits per heavy atom. The van der Waals surface area contributed by atoms with Gasteiger partial charge in [-0.25, -0.2) is 8.42 Å². The van der Waals surface area contributed by atoms with Crippen LogP contribution in [0, 0.1) is 6.92 Å². The normalized spacial score (nSPS) is 12.7. The Hall–Kier alpha value is -3.04. The molecule has 3 aromatic rings. The van der Waals surface area contributed by atoms with Gasteiger partial charge in [0.2, 0.25) is 27.6 Å². The largest absolute Gasteiger partial charge is 0.337 e. The van der Waals surface area contributed by atoms with E-state index >= 15 is 0 Å². The van der Waals surface area contributed by atoms with Crippen LogP contribution in [0.1, 0.15) is 23.1 Å². The molecule has 0 aliphatic rings. The molecule has 1 atom stereocenters. The summed E-state index contributed by atoms with van der Waals surface area (Å²) in [6.07, 6.45) is 1.07. The summed E-state index contributed by atoms with van der Waals surface area (Å²) in [6, 6.07) is 15.5. The van der Waals surface area contributed by atoms with Crippen molar-refractivity contribution in [3.63, 3.8) is 0 Å². The van der Waals surface area contributed by atoms with Gasteiger partial charge in [-0.2, -0.15) is 9.29 Å². The number of carbonyl (C=O) groups is 1. The number of likely N-dealkylation sites (N-methyl/N-ethyl adjacent to an activating group) is 2. The van der Waals surface area contributed by atoms with E-state index in [0.717, 1.165) is 21.7 Å². The van der Waals surface area contributed by atoms with Gasteiger partial charge < -0.3 is 9.42 Å². The number of amides is 1. The number of hydrogen-bond acceptors (Lipinski definition) is 6. The first-order valence-electron chi connectivity index (χ1n) is 9.29. The van der Waals surface area contributed by atoms with Crippen molar-refractivity contribution >= 4 is 15.9 Å². The van der Waals surface area contributed by atoms with Crippen LogP contribution >= 0.6 is 0 Å². The fourth-order valence-corrected chi connectivity index (χ4v) is 3.64. The van der Waals surface area contributed by atoms with Crippen LogP contribution in [0.25, 0.3) is 11.4 Å². The summed E-state index contributed by atoms with van der Waals surface area (Å²) in [5.74, 6) is 0.294. The van der Waals surface area contributed by atoms with Crippen LogP contribution in [0.15, 0.2) is 59.1 Å². The quantitative estimate of drug-likeness (QED) is 0.574. The molecule has 2 aromatic carbocycles. The molecule has 0 radical (unpaired) electrons. The molecule has 1 heterocycles. The molecule has 158 valence electrons. The van der Waals surface area contributed by atoms with E-state index in [9.17, 15) is 13.2 Å². The minimum Gasteiger partial charge on any atom is -0.337 e. The maximum atomic E-state index is 13.2. The lowest BCUT2D eigenvalue weighted by Crippen LogP contribution is -2.41. The third-order valence-electron chi connectivity index (χ3n) is 4.73. The molecule has 0 fully saturated rings. The van der Waals surface area contributed by atoms with Crippen molar-refractivity contribution < 1.29 is 17.7 Å². The lowest BCUT2D eigenvalue weighted by Gasteiger charge is -2.29. The van der Waals surface area contributed by atoms with Crippen molar-refractivity contribution in [3.8, 4) is 11.4 Å². The summed E-state index contributed by atoms with van der Waals surface area (Å²) in [4.78, 5) is 18.9. The molecule has 0 N–H and O–H groups in total. The SMILES string of the molecule is Cc1cccc(-c2noc(CN(C)C(=O)C(c3ccccc3)N(C)S(C)(=O)=O)n2)c1. The van der Waals surface area contributed by atoms with Gasteiger partial charge in [-0.1, -0.05) is 59.3 Å². The van der Waals surface area contributed by atoms with Crippen LogP contribution in [0.4, 0.5) is 0 Å². The second kappa shape index (κ2) is 8.76. The average Bonchev–Trinajstić information content (AvgIpc) is 3.16. The molecule has 8 nitrogen and oxygen atoms in total. The van der Waals surface area contributed by atoms with Gasteiger partial charge in [-0.05, 0) is 18.6 Å². The first kappa shape index (κ1) is 21.7. The van der Waals surface area contributed by atoms with Crippen molar-refractivity contribution in [3.05, 3.63) is 71.6 Å². The number of hydrogen-bond donors (Lipinski definition) is 0. The van der Waals surface area contributed by atoms with E-state index in [1.54, 1.807) is 37.4 Å². The summed E-state index contributed by atoms with van der Waals surface area (Å²) in [5.41, 5.74) is 2.46. The van der Waals surface area contributed by atoms with Crippen molar-refractivity contribution in [2.45, 2.75) is 19.5 Å². The van der Waals surface area contributed by atoms with Gasteiger partial charge in [0.25, 0.3) is 0 Å².